The van der Waals surface area contributed by atoms with Gasteiger partial charge in [-0.3, -0.25) is 14.3 Å². The summed E-state index contributed by atoms with van der Waals surface area (Å²) in [5.41, 5.74) is 1.54. The van der Waals surface area contributed by atoms with Crippen LogP contribution in [0.5, 0.6) is 5.75 Å². The number of benzene rings is 1. The van der Waals surface area contributed by atoms with Gasteiger partial charge in [0, 0.05) is 54.5 Å². The van der Waals surface area contributed by atoms with Crippen LogP contribution in [0, 0.1) is 0 Å². The molecular weight excluding hydrogens is 504 g/mol. The number of thioether (sulfide) groups is 1. The van der Waals surface area contributed by atoms with Crippen molar-refractivity contribution in [1.82, 2.24) is 29.7 Å². The second kappa shape index (κ2) is 10.6. The third-order valence-electron chi connectivity index (χ3n) is 5.91. The molecule has 192 valence electrons. The van der Waals surface area contributed by atoms with E-state index in [0.29, 0.717) is 42.8 Å². The van der Waals surface area contributed by atoms with Gasteiger partial charge in [0.05, 0.1) is 18.4 Å². The molecule has 5 rings (SSSR count). The van der Waals surface area contributed by atoms with Gasteiger partial charge >= 0.3 is 6.61 Å². The summed E-state index contributed by atoms with van der Waals surface area (Å²) in [5, 5.41) is 14.9. The second-order valence-electron chi connectivity index (χ2n) is 8.39. The summed E-state index contributed by atoms with van der Waals surface area (Å²) in [6, 6.07) is 6.67. The summed E-state index contributed by atoms with van der Waals surface area (Å²) < 4.78 is 34.2. The van der Waals surface area contributed by atoms with Gasteiger partial charge in [-0.15, -0.1) is 11.8 Å². The van der Waals surface area contributed by atoms with E-state index in [1.807, 2.05) is 6.26 Å². The highest BCUT2D eigenvalue weighted by Crippen LogP contribution is 2.37. The van der Waals surface area contributed by atoms with Crippen LogP contribution in [0.25, 0.3) is 16.9 Å². The Morgan fingerprint density at radius 3 is 2.92 bits per heavy atom. The topological polar surface area (TPSA) is 115 Å². The monoisotopic (exact) mass is 527 g/mol. The minimum absolute atomic E-state index is 0.0581. The molecule has 1 aliphatic rings. The number of amides is 1. The lowest BCUT2D eigenvalue weighted by Crippen LogP contribution is -2.42. The standard InChI is InChI=1S/C24H23F2N7O3S/c1-37-16-3-4-20(36-24(25)26)17(11-16)21-19(13-32(31-21)8-6-27-14-9-15(34)10-14)30-23(35)18-12-29-33-7-2-5-28-22(18)33/h2-5,7,11-14,24,27H,6,8-10H2,1H3,(H,30,35). The van der Waals surface area contributed by atoms with Crippen molar-refractivity contribution < 1.29 is 23.1 Å². The quantitative estimate of drug-likeness (QED) is 0.301. The molecule has 1 amide bonds. The molecule has 2 N–H and O–H groups in total. The molecule has 0 unspecified atom stereocenters. The maximum Gasteiger partial charge on any atom is 0.387 e. The molecule has 1 aliphatic carbocycles. The van der Waals surface area contributed by atoms with E-state index in [4.69, 9.17) is 4.74 Å². The fourth-order valence-corrected chi connectivity index (χ4v) is 4.48. The highest BCUT2D eigenvalue weighted by molar-refractivity contribution is 7.98. The number of aromatic nitrogens is 5. The molecule has 0 bridgehead atoms. The summed E-state index contributed by atoms with van der Waals surface area (Å²) in [6.07, 6.45) is 9.16. The normalized spacial score (nSPS) is 13.8. The number of carbonyl (C=O) groups is 2. The number of anilines is 1. The number of halogens is 2. The Hall–Kier alpha value is -3.84. The number of hydrogen-bond acceptors (Lipinski definition) is 8. The van der Waals surface area contributed by atoms with E-state index in [0.717, 1.165) is 4.90 Å². The molecule has 0 saturated heterocycles. The average Bonchev–Trinajstić information content (AvgIpc) is 3.47. The smallest absolute Gasteiger partial charge is 0.387 e. The number of ketones is 1. The number of ether oxygens (including phenoxy) is 1. The van der Waals surface area contributed by atoms with Gasteiger partial charge in [0.25, 0.3) is 5.91 Å². The number of carbonyl (C=O) groups excluding carboxylic acids is 2. The fraction of sp³-hybridized carbons (Fsp3) is 0.292. The Morgan fingerprint density at radius 1 is 1.32 bits per heavy atom. The third kappa shape index (κ3) is 5.47. The van der Waals surface area contributed by atoms with E-state index in [9.17, 15) is 18.4 Å². The van der Waals surface area contributed by atoms with Crippen molar-refractivity contribution in [2.24, 2.45) is 0 Å². The summed E-state index contributed by atoms with van der Waals surface area (Å²) in [5.74, 6) is -0.304. The van der Waals surface area contributed by atoms with E-state index in [1.165, 1.54) is 28.5 Å². The van der Waals surface area contributed by atoms with E-state index >= 15 is 0 Å². The zero-order valence-corrected chi connectivity index (χ0v) is 20.5. The summed E-state index contributed by atoms with van der Waals surface area (Å²) in [6.45, 7) is -2.06. The van der Waals surface area contributed by atoms with Crippen LogP contribution >= 0.6 is 11.8 Å². The molecule has 0 radical (unpaired) electrons. The number of nitrogens with one attached hydrogen (secondary N) is 2. The van der Waals surface area contributed by atoms with Crippen LogP contribution in [-0.4, -0.2) is 61.5 Å². The SMILES string of the molecule is CSc1ccc(OC(F)F)c(-c2nn(CCNC3CC(=O)C3)cc2NC(=O)c2cnn3cccnc23)c1. The molecular formula is C24H23F2N7O3S. The molecule has 0 atom stereocenters. The van der Waals surface area contributed by atoms with E-state index in [-0.39, 0.29) is 28.8 Å². The zero-order chi connectivity index (χ0) is 25.9. The van der Waals surface area contributed by atoms with Gasteiger partial charge in [-0.2, -0.15) is 19.0 Å². The van der Waals surface area contributed by atoms with E-state index < -0.39 is 12.5 Å². The minimum atomic E-state index is -3.03. The Labute approximate surface area is 214 Å². The summed E-state index contributed by atoms with van der Waals surface area (Å²) in [7, 11) is 0. The van der Waals surface area contributed by atoms with Gasteiger partial charge in [-0.25, -0.2) is 9.50 Å². The van der Waals surface area contributed by atoms with Crippen LogP contribution < -0.4 is 15.4 Å². The molecule has 1 fully saturated rings. The molecule has 0 spiro atoms. The highest BCUT2D eigenvalue weighted by Gasteiger charge is 2.26. The van der Waals surface area contributed by atoms with Crippen LogP contribution in [0.3, 0.4) is 0 Å². The van der Waals surface area contributed by atoms with Crippen molar-refractivity contribution in [3.8, 4) is 17.0 Å². The van der Waals surface area contributed by atoms with Crippen LogP contribution in [0.1, 0.15) is 23.2 Å². The summed E-state index contributed by atoms with van der Waals surface area (Å²) >= 11 is 1.44. The number of hydrogen-bond donors (Lipinski definition) is 2. The highest BCUT2D eigenvalue weighted by atomic mass is 32.2. The second-order valence-corrected chi connectivity index (χ2v) is 9.27. The Kier molecular flexibility index (Phi) is 7.15. The van der Waals surface area contributed by atoms with Crippen molar-refractivity contribution in [2.45, 2.75) is 36.9 Å². The minimum Gasteiger partial charge on any atom is -0.434 e. The van der Waals surface area contributed by atoms with Crippen molar-refractivity contribution >= 4 is 34.8 Å². The molecule has 10 nitrogen and oxygen atoms in total. The fourth-order valence-electron chi connectivity index (χ4n) is 4.04. The zero-order valence-electron chi connectivity index (χ0n) is 19.7. The number of Topliss-reactive ketones (excluding diaryl/α,β-unsaturated/α-hetero) is 1. The predicted octanol–water partition coefficient (Wildman–Crippen LogP) is 3.49. The first-order chi connectivity index (χ1) is 17.9. The van der Waals surface area contributed by atoms with Crippen molar-refractivity contribution in [3.63, 3.8) is 0 Å². The van der Waals surface area contributed by atoms with Gasteiger partial charge < -0.3 is 15.4 Å². The molecule has 4 aromatic rings. The van der Waals surface area contributed by atoms with Crippen molar-refractivity contribution in [1.29, 1.82) is 0 Å². The average molecular weight is 528 g/mol. The largest absolute Gasteiger partial charge is 0.434 e. The first-order valence-corrected chi connectivity index (χ1v) is 12.7. The molecule has 1 aromatic carbocycles. The van der Waals surface area contributed by atoms with Gasteiger partial charge in [0.1, 0.15) is 22.8 Å². The number of nitrogens with zero attached hydrogens (tertiary/aromatic N) is 5. The van der Waals surface area contributed by atoms with Crippen LogP contribution in [0.4, 0.5) is 14.5 Å². The van der Waals surface area contributed by atoms with Gasteiger partial charge in [0.15, 0.2) is 5.65 Å². The van der Waals surface area contributed by atoms with Gasteiger partial charge in [-0.1, -0.05) is 0 Å². The van der Waals surface area contributed by atoms with Crippen LogP contribution in [0.15, 0.2) is 53.9 Å². The molecule has 13 heteroatoms. The first-order valence-electron chi connectivity index (χ1n) is 11.5. The molecule has 1 saturated carbocycles. The Balaban J connectivity index is 1.47. The molecule has 37 heavy (non-hydrogen) atoms. The first kappa shape index (κ1) is 24.8. The Bertz CT molecular complexity index is 1450. The van der Waals surface area contributed by atoms with Gasteiger partial charge in [-0.05, 0) is 30.5 Å². The third-order valence-corrected chi connectivity index (χ3v) is 6.64. The van der Waals surface area contributed by atoms with Crippen molar-refractivity contribution in [3.05, 3.63) is 54.6 Å². The lowest BCUT2D eigenvalue weighted by atomic mass is 9.91. The Morgan fingerprint density at radius 2 is 2.16 bits per heavy atom. The maximum atomic E-state index is 13.2. The molecule has 3 heterocycles. The van der Waals surface area contributed by atoms with Crippen LogP contribution in [-0.2, 0) is 11.3 Å². The number of rotatable bonds is 10. The van der Waals surface area contributed by atoms with E-state index in [1.54, 1.807) is 41.5 Å². The van der Waals surface area contributed by atoms with Crippen molar-refractivity contribution in [2.75, 3.05) is 18.1 Å². The molecule has 3 aromatic heterocycles. The van der Waals surface area contributed by atoms with E-state index in [2.05, 4.69) is 25.8 Å². The number of alkyl halides is 2. The maximum absolute atomic E-state index is 13.2. The predicted molar refractivity (Wildman–Crippen MR) is 133 cm³/mol. The molecule has 0 aliphatic heterocycles. The lowest BCUT2D eigenvalue weighted by molar-refractivity contribution is -0.125. The number of fused-ring (bicyclic) bond motifs is 1. The van der Waals surface area contributed by atoms with Gasteiger partial charge in [0.2, 0.25) is 0 Å². The summed E-state index contributed by atoms with van der Waals surface area (Å²) in [4.78, 5) is 29.4. The lowest BCUT2D eigenvalue weighted by Gasteiger charge is -2.25. The van der Waals surface area contributed by atoms with Crippen LogP contribution in [0.2, 0.25) is 0 Å².